The van der Waals surface area contributed by atoms with E-state index in [-0.39, 0.29) is 11.6 Å². The Balaban J connectivity index is 1.67. The van der Waals surface area contributed by atoms with E-state index in [1.165, 1.54) is 13.1 Å². The van der Waals surface area contributed by atoms with E-state index in [4.69, 9.17) is 11.6 Å². The van der Waals surface area contributed by atoms with Gasteiger partial charge in [-0.2, -0.15) is 0 Å². The number of nitrogens with zero attached hydrogens (tertiary/aromatic N) is 3. The van der Waals surface area contributed by atoms with Crippen LogP contribution in [0.1, 0.15) is 26.2 Å². The molecule has 0 aliphatic heterocycles. The van der Waals surface area contributed by atoms with Crippen LogP contribution in [0.2, 0.25) is 5.02 Å². The van der Waals surface area contributed by atoms with Crippen molar-refractivity contribution in [3.8, 4) is 11.4 Å². The largest absolute Gasteiger partial charge is 0.481 e. The van der Waals surface area contributed by atoms with E-state index >= 15 is 0 Å². The van der Waals surface area contributed by atoms with Gasteiger partial charge in [0.25, 0.3) is 0 Å². The first kappa shape index (κ1) is 19.5. The van der Waals surface area contributed by atoms with Crippen LogP contribution in [0.4, 0.5) is 10.2 Å². The number of H-pyrrole nitrogens is 1. The molecule has 3 aromatic rings. The average molecular weight is 420 g/mol. The van der Waals surface area contributed by atoms with E-state index in [0.717, 1.165) is 6.20 Å². The average Bonchev–Trinajstić information content (AvgIpc) is 3.10. The maximum atomic E-state index is 14.4. The first-order chi connectivity index (χ1) is 13.8. The molecule has 1 aliphatic carbocycles. The van der Waals surface area contributed by atoms with Gasteiger partial charge in [-0.1, -0.05) is 18.0 Å². The number of aliphatic hydroxyl groups is 1. The standard InChI is InChI=1S/C19H19ClFN5O3/c1-19(18(28)29)4-2-3-13(14(19)27)25-17-12(21)8-24-16(26-17)11-7-23-15-10(11)5-9(20)6-22-15/h5-8,13-14,27H,2-4H2,1H3,(H,22,23)(H,28,29)(H,24,25,26)/t13?,14-,19?/m1/s1. The number of aliphatic hydroxyl groups excluding tert-OH is 1. The minimum absolute atomic E-state index is 0.0990. The molecule has 10 heteroatoms. The van der Waals surface area contributed by atoms with Crippen molar-refractivity contribution in [2.45, 2.75) is 38.3 Å². The molecule has 1 fully saturated rings. The molecule has 3 aromatic heterocycles. The number of hydrogen-bond acceptors (Lipinski definition) is 6. The lowest BCUT2D eigenvalue weighted by Gasteiger charge is -2.40. The highest BCUT2D eigenvalue weighted by atomic mass is 35.5. The number of hydrogen-bond donors (Lipinski definition) is 4. The third kappa shape index (κ3) is 3.40. The normalized spacial score (nSPS) is 24.6. The van der Waals surface area contributed by atoms with Gasteiger partial charge >= 0.3 is 5.97 Å². The zero-order valence-electron chi connectivity index (χ0n) is 15.5. The molecule has 152 valence electrons. The molecule has 0 bridgehead atoms. The van der Waals surface area contributed by atoms with Crippen LogP contribution in [0.3, 0.4) is 0 Å². The third-order valence-corrected chi connectivity index (χ3v) is 5.75. The molecule has 0 aromatic carbocycles. The van der Waals surface area contributed by atoms with Crippen LogP contribution < -0.4 is 5.32 Å². The summed E-state index contributed by atoms with van der Waals surface area (Å²) < 4.78 is 14.4. The number of halogens is 2. The van der Waals surface area contributed by atoms with Crippen LogP contribution in [0.25, 0.3) is 22.4 Å². The second-order valence-electron chi connectivity index (χ2n) is 7.45. The predicted octanol–water partition coefficient (Wildman–Crippen LogP) is 3.23. The summed E-state index contributed by atoms with van der Waals surface area (Å²) in [5, 5.41) is 24.1. The molecule has 3 heterocycles. The van der Waals surface area contributed by atoms with E-state index in [2.05, 4.69) is 25.3 Å². The highest BCUT2D eigenvalue weighted by Crippen LogP contribution is 2.38. The van der Waals surface area contributed by atoms with Gasteiger partial charge in [0.05, 0.1) is 28.8 Å². The van der Waals surface area contributed by atoms with E-state index in [1.807, 2.05) is 0 Å². The van der Waals surface area contributed by atoms with E-state index in [0.29, 0.717) is 40.9 Å². The van der Waals surface area contributed by atoms with E-state index < -0.39 is 29.3 Å². The third-order valence-electron chi connectivity index (χ3n) is 5.54. The Labute approximate surface area is 170 Å². The summed E-state index contributed by atoms with van der Waals surface area (Å²) in [5.74, 6) is -1.63. The number of aromatic amines is 1. The smallest absolute Gasteiger partial charge is 0.312 e. The second-order valence-corrected chi connectivity index (χ2v) is 7.89. The number of carboxylic acids is 1. The highest BCUT2D eigenvalue weighted by molar-refractivity contribution is 6.31. The number of fused-ring (bicyclic) bond motifs is 1. The van der Waals surface area contributed by atoms with E-state index in [1.54, 1.807) is 12.3 Å². The molecule has 1 saturated carbocycles. The van der Waals surface area contributed by atoms with Crippen molar-refractivity contribution >= 4 is 34.4 Å². The molecule has 3 atom stereocenters. The molecule has 8 nitrogen and oxygen atoms in total. The lowest BCUT2D eigenvalue weighted by atomic mass is 9.71. The van der Waals surface area contributed by atoms with Crippen LogP contribution in [-0.2, 0) is 4.79 Å². The van der Waals surface area contributed by atoms with Gasteiger partial charge in [0.15, 0.2) is 17.5 Å². The van der Waals surface area contributed by atoms with Crippen molar-refractivity contribution in [3.63, 3.8) is 0 Å². The van der Waals surface area contributed by atoms with Crippen LogP contribution in [0.15, 0.2) is 24.7 Å². The summed E-state index contributed by atoms with van der Waals surface area (Å²) in [5.41, 5.74) is -0.119. The topological polar surface area (TPSA) is 124 Å². The quantitative estimate of drug-likeness (QED) is 0.511. The number of rotatable bonds is 4. The Kier molecular flexibility index (Phi) is 4.87. The summed E-state index contributed by atoms with van der Waals surface area (Å²) >= 11 is 6.02. The van der Waals surface area contributed by atoms with Gasteiger partial charge in [-0.3, -0.25) is 4.79 Å². The molecule has 4 N–H and O–H groups in total. The molecule has 4 rings (SSSR count). The first-order valence-electron chi connectivity index (χ1n) is 9.13. The van der Waals surface area contributed by atoms with Gasteiger partial charge in [-0.05, 0) is 25.8 Å². The SMILES string of the molecule is CC1(C(=O)O)CCCC(Nc2nc(-c3c[nH]c4ncc(Cl)cc34)ncc2F)[C@H]1O. The number of aliphatic carboxylic acids is 1. The lowest BCUT2D eigenvalue weighted by molar-refractivity contribution is -0.158. The maximum Gasteiger partial charge on any atom is 0.312 e. The fourth-order valence-electron chi connectivity index (χ4n) is 3.76. The number of aromatic nitrogens is 4. The molecule has 0 spiro atoms. The second kappa shape index (κ2) is 7.23. The van der Waals surface area contributed by atoms with Gasteiger partial charge in [0.2, 0.25) is 0 Å². The van der Waals surface area contributed by atoms with Crippen molar-refractivity contribution in [1.29, 1.82) is 0 Å². The van der Waals surface area contributed by atoms with Crippen LogP contribution in [0, 0.1) is 11.2 Å². The highest BCUT2D eigenvalue weighted by Gasteiger charge is 2.47. The van der Waals surface area contributed by atoms with Crippen molar-refractivity contribution < 1.29 is 19.4 Å². The van der Waals surface area contributed by atoms with Gasteiger partial charge in [0, 0.05) is 23.3 Å². The molecule has 0 amide bonds. The molecule has 29 heavy (non-hydrogen) atoms. The Hall–Kier alpha value is -2.78. The molecule has 0 saturated heterocycles. The zero-order chi connectivity index (χ0) is 20.8. The first-order valence-corrected chi connectivity index (χ1v) is 9.51. The van der Waals surface area contributed by atoms with Crippen LogP contribution in [0.5, 0.6) is 0 Å². The van der Waals surface area contributed by atoms with E-state index in [9.17, 15) is 19.4 Å². The summed E-state index contributed by atoms with van der Waals surface area (Å²) in [6, 6.07) is 1.06. The Bertz CT molecular complexity index is 1090. The Morgan fingerprint density at radius 3 is 2.97 bits per heavy atom. The minimum Gasteiger partial charge on any atom is -0.481 e. The molecular formula is C19H19ClFN5O3. The number of nitrogens with one attached hydrogen (secondary N) is 2. The number of anilines is 1. The molecule has 1 aliphatic rings. The number of carbonyl (C=O) groups is 1. The molecule has 0 radical (unpaired) electrons. The van der Waals surface area contributed by atoms with Gasteiger partial charge in [0.1, 0.15) is 5.65 Å². The van der Waals surface area contributed by atoms with Crippen molar-refractivity contribution in [1.82, 2.24) is 19.9 Å². The minimum atomic E-state index is -1.30. The Morgan fingerprint density at radius 2 is 2.21 bits per heavy atom. The van der Waals surface area contributed by atoms with Gasteiger partial charge < -0.3 is 20.5 Å². The predicted molar refractivity (Wildman–Crippen MR) is 105 cm³/mol. The van der Waals surface area contributed by atoms with Crippen molar-refractivity contribution in [3.05, 3.63) is 35.5 Å². The number of pyridine rings is 1. The van der Waals surface area contributed by atoms with Gasteiger partial charge in [-0.25, -0.2) is 19.3 Å². The Morgan fingerprint density at radius 1 is 1.41 bits per heavy atom. The van der Waals surface area contributed by atoms with Crippen LogP contribution >= 0.6 is 11.6 Å². The summed E-state index contributed by atoms with van der Waals surface area (Å²) in [4.78, 5) is 27.1. The maximum absolute atomic E-state index is 14.4. The summed E-state index contributed by atoms with van der Waals surface area (Å²) in [7, 11) is 0. The van der Waals surface area contributed by atoms with Crippen molar-refractivity contribution in [2.75, 3.05) is 5.32 Å². The molecule has 2 unspecified atom stereocenters. The number of carboxylic acid groups (broad SMARTS) is 1. The lowest BCUT2D eigenvalue weighted by Crippen LogP contribution is -2.52. The van der Waals surface area contributed by atoms with Crippen molar-refractivity contribution in [2.24, 2.45) is 5.41 Å². The summed E-state index contributed by atoms with van der Waals surface area (Å²) in [6.07, 6.45) is 4.44. The zero-order valence-corrected chi connectivity index (χ0v) is 16.2. The fourth-order valence-corrected chi connectivity index (χ4v) is 3.92. The monoisotopic (exact) mass is 419 g/mol. The van der Waals surface area contributed by atoms with Gasteiger partial charge in [-0.15, -0.1) is 0 Å². The fraction of sp³-hybridized carbons (Fsp3) is 0.368. The molecular weight excluding hydrogens is 401 g/mol. The summed E-state index contributed by atoms with van der Waals surface area (Å²) in [6.45, 7) is 1.50. The van der Waals surface area contributed by atoms with Crippen LogP contribution in [-0.4, -0.2) is 48.3 Å².